The SMILES string of the molecule is N#Cc1cnn(C(=O)c2ccc(Cl)cc2Cl)c1N. The van der Waals surface area contributed by atoms with Crippen LogP contribution in [0.15, 0.2) is 24.4 Å². The van der Waals surface area contributed by atoms with Crippen LogP contribution in [0.2, 0.25) is 10.0 Å². The Morgan fingerprint density at radius 1 is 1.44 bits per heavy atom. The van der Waals surface area contributed by atoms with Crippen LogP contribution < -0.4 is 5.73 Å². The zero-order valence-electron chi connectivity index (χ0n) is 8.89. The molecule has 0 radical (unpaired) electrons. The number of rotatable bonds is 1. The van der Waals surface area contributed by atoms with E-state index in [1.54, 1.807) is 0 Å². The molecule has 0 saturated heterocycles. The van der Waals surface area contributed by atoms with Gasteiger partial charge < -0.3 is 5.73 Å². The van der Waals surface area contributed by atoms with Gasteiger partial charge >= 0.3 is 0 Å². The van der Waals surface area contributed by atoms with Gasteiger partial charge in [0, 0.05) is 5.02 Å². The van der Waals surface area contributed by atoms with Crippen molar-refractivity contribution in [3.05, 3.63) is 45.6 Å². The summed E-state index contributed by atoms with van der Waals surface area (Å²) in [5.74, 6) is -0.538. The highest BCUT2D eigenvalue weighted by Gasteiger charge is 2.18. The van der Waals surface area contributed by atoms with Crippen molar-refractivity contribution in [2.75, 3.05) is 5.73 Å². The molecule has 2 N–H and O–H groups in total. The highest BCUT2D eigenvalue weighted by Crippen LogP contribution is 2.22. The Balaban J connectivity index is 2.49. The number of aromatic nitrogens is 2. The molecule has 2 rings (SSSR count). The molecular weight excluding hydrogens is 275 g/mol. The van der Waals surface area contributed by atoms with Crippen LogP contribution in [0.25, 0.3) is 0 Å². The first-order valence-electron chi connectivity index (χ1n) is 4.78. The zero-order chi connectivity index (χ0) is 13.3. The first kappa shape index (κ1) is 12.4. The molecule has 2 aromatic rings. The summed E-state index contributed by atoms with van der Waals surface area (Å²) in [5, 5.41) is 13.1. The fraction of sp³-hybridized carbons (Fsp3) is 0. The number of halogens is 2. The molecule has 1 aromatic carbocycles. The van der Waals surface area contributed by atoms with Crippen LogP contribution in [-0.2, 0) is 0 Å². The summed E-state index contributed by atoms with van der Waals surface area (Å²) >= 11 is 11.7. The van der Waals surface area contributed by atoms with Gasteiger partial charge in [-0.2, -0.15) is 15.0 Å². The van der Waals surface area contributed by atoms with Crippen molar-refractivity contribution >= 4 is 34.9 Å². The van der Waals surface area contributed by atoms with Gasteiger partial charge in [0.25, 0.3) is 5.91 Å². The van der Waals surface area contributed by atoms with Gasteiger partial charge in [-0.25, -0.2) is 0 Å². The fourth-order valence-electron chi connectivity index (χ4n) is 1.38. The van der Waals surface area contributed by atoms with Crippen molar-refractivity contribution < 1.29 is 4.79 Å². The van der Waals surface area contributed by atoms with E-state index in [0.29, 0.717) is 5.02 Å². The number of hydrogen-bond donors (Lipinski definition) is 1. The van der Waals surface area contributed by atoms with Gasteiger partial charge in [0.1, 0.15) is 17.5 Å². The smallest absolute Gasteiger partial charge is 0.281 e. The summed E-state index contributed by atoms with van der Waals surface area (Å²) in [7, 11) is 0. The topological polar surface area (TPSA) is 84.7 Å². The molecule has 5 nitrogen and oxygen atoms in total. The number of nitrogens with zero attached hydrogens (tertiary/aromatic N) is 3. The van der Waals surface area contributed by atoms with Gasteiger partial charge in [0.05, 0.1) is 16.8 Å². The van der Waals surface area contributed by atoms with E-state index >= 15 is 0 Å². The molecule has 0 aliphatic carbocycles. The van der Waals surface area contributed by atoms with Crippen LogP contribution in [0.4, 0.5) is 5.82 Å². The summed E-state index contributed by atoms with van der Waals surface area (Å²) in [6.45, 7) is 0. The van der Waals surface area contributed by atoms with Gasteiger partial charge in [-0.15, -0.1) is 0 Å². The van der Waals surface area contributed by atoms with Gasteiger partial charge in [0.2, 0.25) is 0 Å². The minimum atomic E-state index is -0.518. The molecule has 0 fully saturated rings. The van der Waals surface area contributed by atoms with Crippen LogP contribution in [0.1, 0.15) is 15.9 Å². The quantitative estimate of drug-likeness (QED) is 0.869. The lowest BCUT2D eigenvalue weighted by Crippen LogP contribution is -2.16. The van der Waals surface area contributed by atoms with Crippen LogP contribution in [-0.4, -0.2) is 15.7 Å². The molecule has 0 aliphatic heterocycles. The predicted octanol–water partition coefficient (Wildman–Crippen LogP) is 2.33. The van der Waals surface area contributed by atoms with E-state index < -0.39 is 5.91 Å². The Bertz CT molecular complexity index is 672. The van der Waals surface area contributed by atoms with Crippen molar-refractivity contribution in [3.63, 3.8) is 0 Å². The minimum Gasteiger partial charge on any atom is -0.382 e. The van der Waals surface area contributed by atoms with Crippen LogP contribution >= 0.6 is 23.2 Å². The zero-order valence-corrected chi connectivity index (χ0v) is 10.4. The summed E-state index contributed by atoms with van der Waals surface area (Å²) in [6.07, 6.45) is 1.22. The maximum atomic E-state index is 12.1. The third-order valence-corrected chi connectivity index (χ3v) is 2.83. The van der Waals surface area contributed by atoms with Crippen molar-refractivity contribution in [2.45, 2.75) is 0 Å². The van der Waals surface area contributed by atoms with Crippen LogP contribution in [0.3, 0.4) is 0 Å². The van der Waals surface area contributed by atoms with Crippen molar-refractivity contribution in [1.29, 1.82) is 5.26 Å². The highest BCUT2D eigenvalue weighted by atomic mass is 35.5. The normalized spacial score (nSPS) is 10.1. The van der Waals surface area contributed by atoms with Crippen molar-refractivity contribution in [3.8, 4) is 6.07 Å². The molecule has 1 heterocycles. The van der Waals surface area contributed by atoms with Gasteiger partial charge in [-0.3, -0.25) is 4.79 Å². The number of anilines is 1. The average molecular weight is 281 g/mol. The van der Waals surface area contributed by atoms with E-state index in [1.807, 2.05) is 6.07 Å². The van der Waals surface area contributed by atoms with Gasteiger partial charge in [-0.1, -0.05) is 23.2 Å². The number of nitrogen functional groups attached to an aromatic ring is 1. The largest absolute Gasteiger partial charge is 0.382 e. The number of carbonyl (C=O) groups excluding carboxylic acids is 1. The summed E-state index contributed by atoms with van der Waals surface area (Å²) in [5.41, 5.74) is 5.96. The van der Waals surface area contributed by atoms with E-state index in [9.17, 15) is 4.79 Å². The van der Waals surface area contributed by atoms with Gasteiger partial charge in [-0.05, 0) is 18.2 Å². The average Bonchev–Trinajstić information content (AvgIpc) is 2.69. The second-order valence-corrected chi connectivity index (χ2v) is 4.24. The van der Waals surface area contributed by atoms with E-state index in [0.717, 1.165) is 4.68 Å². The molecule has 0 atom stereocenters. The summed E-state index contributed by atoms with van der Waals surface area (Å²) < 4.78 is 0.924. The third-order valence-electron chi connectivity index (χ3n) is 2.28. The number of benzene rings is 1. The summed E-state index contributed by atoms with van der Waals surface area (Å²) in [4.78, 5) is 12.1. The van der Waals surface area contributed by atoms with Crippen LogP contribution in [0, 0.1) is 11.3 Å². The Morgan fingerprint density at radius 2 is 2.17 bits per heavy atom. The maximum Gasteiger partial charge on any atom is 0.281 e. The van der Waals surface area contributed by atoms with Crippen LogP contribution in [0.5, 0.6) is 0 Å². The lowest BCUT2D eigenvalue weighted by atomic mass is 10.2. The Labute approximate surface area is 112 Å². The second kappa shape index (κ2) is 4.69. The number of nitriles is 1. The third kappa shape index (κ3) is 2.04. The summed E-state index contributed by atoms with van der Waals surface area (Å²) in [6, 6.07) is 6.28. The highest BCUT2D eigenvalue weighted by molar-refractivity contribution is 6.36. The Kier molecular flexibility index (Phi) is 3.24. The second-order valence-electron chi connectivity index (χ2n) is 3.40. The molecule has 0 aliphatic rings. The molecule has 0 amide bonds. The lowest BCUT2D eigenvalue weighted by Gasteiger charge is -2.05. The Hall–Kier alpha value is -2.03. The first-order valence-corrected chi connectivity index (χ1v) is 5.53. The predicted molar refractivity (Wildman–Crippen MR) is 67.5 cm³/mol. The molecule has 0 bridgehead atoms. The number of hydrogen-bond acceptors (Lipinski definition) is 4. The first-order chi connectivity index (χ1) is 8.54. The molecule has 0 spiro atoms. The number of nitrogens with two attached hydrogens (primary N) is 1. The van der Waals surface area contributed by atoms with Crippen molar-refractivity contribution in [1.82, 2.24) is 9.78 Å². The molecule has 18 heavy (non-hydrogen) atoms. The minimum absolute atomic E-state index is 0.0199. The van der Waals surface area contributed by atoms with E-state index in [4.69, 9.17) is 34.2 Å². The molecular formula is C11H6Cl2N4O. The molecule has 0 unspecified atom stereocenters. The monoisotopic (exact) mass is 280 g/mol. The van der Waals surface area contributed by atoms with E-state index in [-0.39, 0.29) is 22.0 Å². The number of carbonyl (C=O) groups is 1. The van der Waals surface area contributed by atoms with Gasteiger partial charge in [0.15, 0.2) is 0 Å². The van der Waals surface area contributed by atoms with E-state index in [1.165, 1.54) is 24.4 Å². The van der Waals surface area contributed by atoms with E-state index in [2.05, 4.69) is 5.10 Å². The van der Waals surface area contributed by atoms with Crippen molar-refractivity contribution in [2.24, 2.45) is 0 Å². The fourth-order valence-corrected chi connectivity index (χ4v) is 1.87. The lowest BCUT2D eigenvalue weighted by molar-refractivity contribution is 0.0948. The Morgan fingerprint density at radius 3 is 2.72 bits per heavy atom. The molecule has 1 aromatic heterocycles. The standard InChI is InChI=1S/C11H6Cl2N4O/c12-7-1-2-8(9(13)3-7)11(18)17-10(15)6(4-14)5-16-17/h1-3,5H,15H2. The molecule has 90 valence electrons. The molecule has 0 saturated carbocycles. The maximum absolute atomic E-state index is 12.1. The molecule has 7 heteroatoms.